The Balaban J connectivity index is 2.25. The first-order chi connectivity index (χ1) is 10.0. The first kappa shape index (κ1) is 14.6. The fourth-order valence-corrected chi connectivity index (χ4v) is 2.09. The Kier molecular flexibility index (Phi) is 4.27. The van der Waals surface area contributed by atoms with Gasteiger partial charge in [0, 0.05) is 37.0 Å². The van der Waals surface area contributed by atoms with Crippen molar-refractivity contribution in [3.8, 4) is 5.75 Å². The second kappa shape index (κ2) is 6.13. The molecule has 2 N–H and O–H groups in total. The number of ether oxygens (including phenoxy) is 1. The Morgan fingerprint density at radius 2 is 2.00 bits per heavy atom. The lowest BCUT2D eigenvalue weighted by Gasteiger charge is -2.20. The van der Waals surface area contributed by atoms with Gasteiger partial charge in [0.05, 0.1) is 12.0 Å². The summed E-state index contributed by atoms with van der Waals surface area (Å²) in [5.74, 6) is 0.756. The smallest absolute Gasteiger partial charge is 0.292 e. The van der Waals surface area contributed by atoms with Crippen LogP contribution < -0.4 is 15.4 Å². The summed E-state index contributed by atoms with van der Waals surface area (Å²) in [4.78, 5) is 12.4. The lowest BCUT2D eigenvalue weighted by molar-refractivity contribution is -0.383. The molecule has 21 heavy (non-hydrogen) atoms. The van der Waals surface area contributed by atoms with E-state index >= 15 is 0 Å². The van der Waals surface area contributed by atoms with E-state index in [0.717, 1.165) is 17.0 Å². The lowest BCUT2D eigenvalue weighted by atomic mass is 10.1. The van der Waals surface area contributed by atoms with E-state index in [1.54, 1.807) is 19.2 Å². The third-order valence-corrected chi connectivity index (χ3v) is 3.27. The number of nitrogen functional groups attached to an aromatic ring is 1. The molecule has 110 valence electrons. The molecule has 0 aromatic heterocycles. The monoisotopic (exact) mass is 287 g/mol. The standard InChI is InChI=1S/C15H17N3O3/c1-17(12-6-4-7-13(9-12)21-2)10-11-5-3-8-14(15(11)16)18(19)20/h3-9H,10,16H2,1-2H3. The predicted octanol–water partition coefficient (Wildman–Crippen LogP) is 2.82. The van der Waals surface area contributed by atoms with Gasteiger partial charge in [-0.25, -0.2) is 0 Å². The van der Waals surface area contributed by atoms with Crippen LogP contribution in [0.25, 0.3) is 0 Å². The lowest BCUT2D eigenvalue weighted by Crippen LogP contribution is -2.17. The van der Waals surface area contributed by atoms with Crippen molar-refractivity contribution in [2.45, 2.75) is 6.54 Å². The molecule has 6 heteroatoms. The van der Waals surface area contributed by atoms with Crippen LogP contribution in [0.2, 0.25) is 0 Å². The van der Waals surface area contributed by atoms with Crippen LogP contribution in [0.1, 0.15) is 5.56 Å². The number of para-hydroxylation sites is 1. The van der Waals surface area contributed by atoms with Crippen LogP contribution in [-0.2, 0) is 6.54 Å². The molecule has 0 fully saturated rings. The molecule has 2 rings (SSSR count). The fourth-order valence-electron chi connectivity index (χ4n) is 2.09. The van der Waals surface area contributed by atoms with Gasteiger partial charge in [-0.2, -0.15) is 0 Å². The van der Waals surface area contributed by atoms with Crippen molar-refractivity contribution in [2.24, 2.45) is 0 Å². The van der Waals surface area contributed by atoms with Crippen molar-refractivity contribution < 1.29 is 9.66 Å². The molecule has 0 heterocycles. The molecule has 0 radical (unpaired) electrons. The molecule has 0 spiro atoms. The molecule has 0 amide bonds. The van der Waals surface area contributed by atoms with Gasteiger partial charge in [0.15, 0.2) is 0 Å². The maximum absolute atomic E-state index is 10.9. The summed E-state index contributed by atoms with van der Waals surface area (Å²) in [6, 6.07) is 12.4. The normalized spacial score (nSPS) is 10.2. The molecule has 6 nitrogen and oxygen atoms in total. The summed E-state index contributed by atoms with van der Waals surface area (Å²) < 4.78 is 5.19. The van der Waals surface area contributed by atoms with Crippen LogP contribution in [-0.4, -0.2) is 19.1 Å². The molecule has 2 aromatic rings. The van der Waals surface area contributed by atoms with E-state index in [2.05, 4.69) is 0 Å². The van der Waals surface area contributed by atoms with E-state index in [9.17, 15) is 10.1 Å². The number of nitro benzene ring substituents is 1. The van der Waals surface area contributed by atoms with Gasteiger partial charge in [0.1, 0.15) is 11.4 Å². The summed E-state index contributed by atoms with van der Waals surface area (Å²) in [5, 5.41) is 10.9. The zero-order valence-electron chi connectivity index (χ0n) is 11.9. The number of methoxy groups -OCH3 is 1. The van der Waals surface area contributed by atoms with Gasteiger partial charge in [-0.1, -0.05) is 18.2 Å². The number of rotatable bonds is 5. The Labute approximate surface area is 122 Å². The highest BCUT2D eigenvalue weighted by molar-refractivity contribution is 5.64. The summed E-state index contributed by atoms with van der Waals surface area (Å²) in [5.41, 5.74) is 7.68. The SMILES string of the molecule is COc1cccc(N(C)Cc2cccc([N+](=O)[O-])c2N)c1. The van der Waals surface area contributed by atoms with Gasteiger partial charge >= 0.3 is 0 Å². The van der Waals surface area contributed by atoms with Crippen molar-refractivity contribution in [1.29, 1.82) is 0 Å². The predicted molar refractivity (Wildman–Crippen MR) is 82.6 cm³/mol. The largest absolute Gasteiger partial charge is 0.497 e. The van der Waals surface area contributed by atoms with Crippen LogP contribution in [0, 0.1) is 10.1 Å². The number of nitrogens with zero attached hydrogens (tertiary/aromatic N) is 2. The average molecular weight is 287 g/mol. The Morgan fingerprint density at radius 1 is 1.29 bits per heavy atom. The second-order valence-corrected chi connectivity index (χ2v) is 4.66. The third-order valence-electron chi connectivity index (χ3n) is 3.27. The minimum atomic E-state index is -0.468. The Morgan fingerprint density at radius 3 is 2.67 bits per heavy atom. The van der Waals surface area contributed by atoms with Crippen molar-refractivity contribution in [3.63, 3.8) is 0 Å². The summed E-state index contributed by atoms with van der Waals surface area (Å²) >= 11 is 0. The van der Waals surface area contributed by atoms with E-state index in [1.807, 2.05) is 36.2 Å². The van der Waals surface area contributed by atoms with Crippen molar-refractivity contribution in [2.75, 3.05) is 24.8 Å². The quantitative estimate of drug-likeness (QED) is 0.519. The minimum absolute atomic E-state index is 0.0634. The summed E-state index contributed by atoms with van der Waals surface area (Å²) in [6.45, 7) is 0.473. The minimum Gasteiger partial charge on any atom is -0.497 e. The van der Waals surface area contributed by atoms with Crippen LogP contribution in [0.15, 0.2) is 42.5 Å². The number of hydrogen-bond acceptors (Lipinski definition) is 5. The van der Waals surface area contributed by atoms with Crippen LogP contribution in [0.3, 0.4) is 0 Å². The topological polar surface area (TPSA) is 81.6 Å². The molecular weight excluding hydrogens is 270 g/mol. The van der Waals surface area contributed by atoms with E-state index in [0.29, 0.717) is 6.54 Å². The first-order valence-corrected chi connectivity index (χ1v) is 6.40. The molecule has 0 aliphatic rings. The molecule has 0 atom stereocenters. The molecule has 0 saturated heterocycles. The number of benzene rings is 2. The highest BCUT2D eigenvalue weighted by atomic mass is 16.6. The van der Waals surface area contributed by atoms with Crippen LogP contribution in [0.4, 0.5) is 17.1 Å². The Hall–Kier alpha value is -2.76. The maximum atomic E-state index is 10.9. The highest BCUT2D eigenvalue weighted by Crippen LogP contribution is 2.27. The molecule has 0 aliphatic carbocycles. The molecule has 0 unspecified atom stereocenters. The zero-order chi connectivity index (χ0) is 15.4. The van der Waals surface area contributed by atoms with Crippen molar-refractivity contribution in [1.82, 2.24) is 0 Å². The van der Waals surface area contributed by atoms with Crippen LogP contribution in [0.5, 0.6) is 5.75 Å². The van der Waals surface area contributed by atoms with Gasteiger partial charge in [0.2, 0.25) is 0 Å². The second-order valence-electron chi connectivity index (χ2n) is 4.66. The third kappa shape index (κ3) is 3.22. The number of anilines is 2. The van der Waals surface area contributed by atoms with Gasteiger partial charge < -0.3 is 15.4 Å². The number of nitro groups is 1. The van der Waals surface area contributed by atoms with E-state index in [4.69, 9.17) is 10.5 Å². The highest BCUT2D eigenvalue weighted by Gasteiger charge is 2.15. The number of nitrogens with two attached hydrogens (primary N) is 1. The van der Waals surface area contributed by atoms with Crippen molar-refractivity contribution in [3.05, 3.63) is 58.1 Å². The Bertz CT molecular complexity index is 658. The average Bonchev–Trinajstić information content (AvgIpc) is 2.49. The molecule has 0 bridgehead atoms. The van der Waals surface area contributed by atoms with Crippen molar-refractivity contribution >= 4 is 17.1 Å². The summed E-state index contributed by atoms with van der Waals surface area (Å²) in [6.07, 6.45) is 0. The first-order valence-electron chi connectivity index (χ1n) is 6.40. The van der Waals surface area contributed by atoms with E-state index in [1.165, 1.54) is 6.07 Å². The van der Waals surface area contributed by atoms with Gasteiger partial charge in [-0.3, -0.25) is 10.1 Å². The molecule has 0 aliphatic heterocycles. The summed E-state index contributed by atoms with van der Waals surface area (Å²) in [7, 11) is 3.50. The zero-order valence-corrected chi connectivity index (χ0v) is 11.9. The van der Waals surface area contributed by atoms with Gasteiger partial charge in [0.25, 0.3) is 5.69 Å². The van der Waals surface area contributed by atoms with E-state index in [-0.39, 0.29) is 11.4 Å². The van der Waals surface area contributed by atoms with Gasteiger partial charge in [-0.15, -0.1) is 0 Å². The van der Waals surface area contributed by atoms with Gasteiger partial charge in [-0.05, 0) is 12.1 Å². The molecule has 2 aromatic carbocycles. The van der Waals surface area contributed by atoms with E-state index < -0.39 is 4.92 Å². The van der Waals surface area contributed by atoms with Crippen LogP contribution >= 0.6 is 0 Å². The molecule has 0 saturated carbocycles. The number of hydrogen-bond donors (Lipinski definition) is 1. The fraction of sp³-hybridized carbons (Fsp3) is 0.200. The maximum Gasteiger partial charge on any atom is 0.292 e. The molecular formula is C15H17N3O3.